The molecule has 1 aliphatic heterocycles. The predicted octanol–water partition coefficient (Wildman–Crippen LogP) is -0.658. The second kappa shape index (κ2) is 10.7. The van der Waals surface area contributed by atoms with Crippen LogP contribution in [0.1, 0.15) is 0 Å². The van der Waals surface area contributed by atoms with Crippen LogP contribution in [0.5, 0.6) is 0 Å². The summed E-state index contributed by atoms with van der Waals surface area (Å²) in [7, 11) is 4.51. The molecule has 10 nitrogen and oxygen atoms in total. The molecule has 138 valence electrons. The van der Waals surface area contributed by atoms with Crippen molar-refractivity contribution in [2.45, 2.75) is 24.7 Å². The number of methoxy groups -OCH3 is 1. The Balaban J connectivity index is 2.77. The smallest absolute Gasteiger partial charge is 0.245 e. The number of likely N-dealkylation sites (N-methyl/N-ethyl adjacent to an activating group) is 1. The molecule has 1 heterocycles. The Hall–Kier alpha value is -1.13. The molecule has 4 atom stereocenters. The molecule has 2 amide bonds. The van der Waals surface area contributed by atoms with Crippen molar-refractivity contribution in [2.75, 3.05) is 34.7 Å². The molecule has 0 radical (unpaired) electrons. The van der Waals surface area contributed by atoms with E-state index in [2.05, 4.69) is 5.32 Å². The van der Waals surface area contributed by atoms with Crippen LogP contribution in [0, 0.1) is 0 Å². The Morgan fingerprint density at radius 2 is 2.04 bits per heavy atom. The van der Waals surface area contributed by atoms with Crippen molar-refractivity contribution in [3.63, 3.8) is 0 Å². The van der Waals surface area contributed by atoms with Gasteiger partial charge in [0.15, 0.2) is 20.9 Å². The summed E-state index contributed by atoms with van der Waals surface area (Å²) in [6.45, 7) is 0. The number of amides is 2. The standard InChI is InChI=1S/C13H23N2O8P/c1-14-9(17)5-6-15(7-16)12-11(19-2)10(18)13(23-12)22-8-24(20-3)21-4/h5-7,10-13,18H,8H2,1-4H3,(H,14,17)/b6-5-. The second-order valence-electron chi connectivity index (χ2n) is 4.56. The molecule has 1 fully saturated rings. The van der Waals surface area contributed by atoms with Crippen LogP contribution in [0.4, 0.5) is 0 Å². The molecule has 0 aromatic rings. The first-order chi connectivity index (χ1) is 11.5. The van der Waals surface area contributed by atoms with E-state index in [1.807, 2.05) is 0 Å². The van der Waals surface area contributed by atoms with Crippen molar-refractivity contribution >= 4 is 20.7 Å². The van der Waals surface area contributed by atoms with Crippen LogP contribution in [0.2, 0.25) is 0 Å². The number of nitrogens with zero attached hydrogens (tertiary/aromatic N) is 1. The van der Waals surface area contributed by atoms with Crippen molar-refractivity contribution in [1.29, 1.82) is 0 Å². The fourth-order valence-corrected chi connectivity index (χ4v) is 2.61. The highest BCUT2D eigenvalue weighted by Gasteiger charge is 2.47. The molecule has 2 N–H and O–H groups in total. The first kappa shape index (κ1) is 20.9. The third-order valence-corrected chi connectivity index (χ3v) is 4.43. The lowest BCUT2D eigenvalue weighted by molar-refractivity contribution is -0.175. The largest absolute Gasteiger partial charge is 0.385 e. The van der Waals surface area contributed by atoms with Gasteiger partial charge < -0.3 is 33.7 Å². The van der Waals surface area contributed by atoms with E-state index >= 15 is 0 Å². The quantitative estimate of drug-likeness (QED) is 0.297. The van der Waals surface area contributed by atoms with Gasteiger partial charge in [0.1, 0.15) is 18.6 Å². The number of hydrogen-bond donors (Lipinski definition) is 2. The Bertz CT molecular complexity index is 434. The molecular weight excluding hydrogens is 343 g/mol. The molecule has 0 aromatic heterocycles. The van der Waals surface area contributed by atoms with Gasteiger partial charge >= 0.3 is 0 Å². The maximum atomic E-state index is 11.3. The third kappa shape index (κ3) is 5.45. The third-order valence-electron chi connectivity index (χ3n) is 3.25. The van der Waals surface area contributed by atoms with Crippen LogP contribution < -0.4 is 5.32 Å². The van der Waals surface area contributed by atoms with Gasteiger partial charge in [-0.05, 0) is 0 Å². The second-order valence-corrected chi connectivity index (χ2v) is 6.22. The summed E-state index contributed by atoms with van der Waals surface area (Å²) in [4.78, 5) is 23.6. The highest BCUT2D eigenvalue weighted by atomic mass is 31.2. The number of carbonyl (C=O) groups is 2. The Morgan fingerprint density at radius 1 is 1.38 bits per heavy atom. The minimum Gasteiger partial charge on any atom is -0.385 e. The highest BCUT2D eigenvalue weighted by molar-refractivity contribution is 7.46. The average Bonchev–Trinajstić information content (AvgIpc) is 2.92. The number of rotatable bonds is 10. The van der Waals surface area contributed by atoms with Gasteiger partial charge in [-0.2, -0.15) is 0 Å². The maximum absolute atomic E-state index is 11.3. The van der Waals surface area contributed by atoms with Crippen molar-refractivity contribution in [3.05, 3.63) is 12.3 Å². The van der Waals surface area contributed by atoms with E-state index in [4.69, 9.17) is 23.3 Å². The summed E-state index contributed by atoms with van der Waals surface area (Å²) >= 11 is 0. The zero-order valence-corrected chi connectivity index (χ0v) is 14.8. The van der Waals surface area contributed by atoms with Crippen molar-refractivity contribution < 1.29 is 38.0 Å². The van der Waals surface area contributed by atoms with Gasteiger partial charge in [0.25, 0.3) is 0 Å². The molecule has 1 saturated heterocycles. The molecule has 0 saturated carbocycles. The fraction of sp³-hybridized carbons (Fsp3) is 0.692. The number of nitrogens with one attached hydrogen (secondary N) is 1. The van der Waals surface area contributed by atoms with Crippen molar-refractivity contribution in [3.8, 4) is 0 Å². The average molecular weight is 366 g/mol. The minimum atomic E-state index is -1.27. The molecule has 24 heavy (non-hydrogen) atoms. The molecule has 1 rings (SSSR count). The minimum absolute atomic E-state index is 0.0718. The van der Waals surface area contributed by atoms with E-state index in [0.29, 0.717) is 6.41 Å². The number of ether oxygens (including phenoxy) is 3. The van der Waals surface area contributed by atoms with E-state index in [9.17, 15) is 14.7 Å². The number of carbonyl (C=O) groups excluding carboxylic acids is 2. The van der Waals surface area contributed by atoms with Gasteiger partial charge in [0.2, 0.25) is 12.3 Å². The Morgan fingerprint density at radius 3 is 2.54 bits per heavy atom. The van der Waals surface area contributed by atoms with E-state index in [-0.39, 0.29) is 6.35 Å². The summed E-state index contributed by atoms with van der Waals surface area (Å²) in [5.41, 5.74) is 0. The molecule has 0 bridgehead atoms. The summed E-state index contributed by atoms with van der Waals surface area (Å²) in [6.07, 6.45) is -1.07. The first-order valence-corrected chi connectivity index (χ1v) is 8.34. The number of hydrogen-bond acceptors (Lipinski definition) is 8. The Labute approximate surface area is 141 Å². The van der Waals surface area contributed by atoms with Crippen LogP contribution in [0.3, 0.4) is 0 Å². The van der Waals surface area contributed by atoms with Crippen molar-refractivity contribution in [1.82, 2.24) is 10.2 Å². The van der Waals surface area contributed by atoms with Crippen LogP contribution in [-0.4, -0.2) is 81.8 Å². The van der Waals surface area contributed by atoms with Crippen LogP contribution in [0.25, 0.3) is 0 Å². The predicted molar refractivity (Wildman–Crippen MR) is 83.5 cm³/mol. The van der Waals surface area contributed by atoms with Gasteiger partial charge in [-0.15, -0.1) is 0 Å². The van der Waals surface area contributed by atoms with Gasteiger partial charge in [0.05, 0.1) is 0 Å². The molecule has 4 unspecified atom stereocenters. The monoisotopic (exact) mass is 366 g/mol. The Kier molecular flexibility index (Phi) is 9.30. The van der Waals surface area contributed by atoms with Gasteiger partial charge in [-0.25, -0.2) is 0 Å². The lowest BCUT2D eigenvalue weighted by Crippen LogP contribution is -2.42. The van der Waals surface area contributed by atoms with E-state index in [1.165, 1.54) is 34.6 Å². The van der Waals surface area contributed by atoms with E-state index < -0.39 is 39.0 Å². The van der Waals surface area contributed by atoms with Gasteiger partial charge in [-0.3, -0.25) is 14.5 Å². The molecule has 11 heteroatoms. The first-order valence-electron chi connectivity index (χ1n) is 6.98. The normalized spacial score (nSPS) is 26.9. The SMILES string of the molecule is CNC(=O)/C=C\N(C=O)C1OC(OCP(OC)OC)C(O)C1OC. The lowest BCUT2D eigenvalue weighted by Gasteiger charge is -2.25. The molecule has 0 aliphatic carbocycles. The summed E-state index contributed by atoms with van der Waals surface area (Å²) in [5.74, 6) is -0.395. The lowest BCUT2D eigenvalue weighted by atomic mass is 10.2. The van der Waals surface area contributed by atoms with Gasteiger partial charge in [-0.1, -0.05) is 0 Å². The molecule has 0 aromatic carbocycles. The molecule has 1 aliphatic rings. The highest BCUT2D eigenvalue weighted by Crippen LogP contribution is 2.37. The summed E-state index contributed by atoms with van der Waals surface area (Å²) in [5, 5.41) is 12.6. The maximum Gasteiger partial charge on any atom is 0.245 e. The molecular formula is C13H23N2O8P. The number of aliphatic hydroxyl groups excluding tert-OH is 1. The summed E-state index contributed by atoms with van der Waals surface area (Å²) in [6, 6.07) is 0. The topological polar surface area (TPSA) is 116 Å². The zero-order chi connectivity index (χ0) is 18.1. The van der Waals surface area contributed by atoms with Crippen molar-refractivity contribution in [2.24, 2.45) is 0 Å². The van der Waals surface area contributed by atoms with E-state index in [0.717, 1.165) is 11.0 Å². The zero-order valence-electron chi connectivity index (χ0n) is 13.9. The summed E-state index contributed by atoms with van der Waals surface area (Å²) < 4.78 is 26.3. The fourth-order valence-electron chi connectivity index (χ4n) is 1.98. The van der Waals surface area contributed by atoms with Crippen LogP contribution >= 0.6 is 8.38 Å². The van der Waals surface area contributed by atoms with E-state index in [1.54, 1.807) is 0 Å². The van der Waals surface area contributed by atoms with Crippen LogP contribution in [-0.2, 0) is 32.8 Å². The van der Waals surface area contributed by atoms with Crippen LogP contribution in [0.15, 0.2) is 12.3 Å². The molecule has 0 spiro atoms. The number of aliphatic hydroxyl groups is 1. The van der Waals surface area contributed by atoms with Gasteiger partial charge in [0, 0.05) is 40.7 Å².